The molecule has 1 aromatic carbocycles. The van der Waals surface area contributed by atoms with Gasteiger partial charge < -0.3 is 10.0 Å². The van der Waals surface area contributed by atoms with Crippen LogP contribution in [0.15, 0.2) is 24.3 Å². The molecule has 0 bridgehead atoms. The largest absolute Gasteiger partial charge is 0.478 e. The Bertz CT molecular complexity index is 524. The smallest absolute Gasteiger partial charge is 0.335 e. The number of benzene rings is 1. The molecule has 4 nitrogen and oxygen atoms in total. The lowest BCUT2D eigenvalue weighted by Crippen LogP contribution is -2.38. The molecule has 0 saturated heterocycles. The summed E-state index contributed by atoms with van der Waals surface area (Å²) in [5, 5.41) is 9.00. The summed E-state index contributed by atoms with van der Waals surface area (Å²) in [7, 11) is 0. The van der Waals surface area contributed by atoms with Crippen LogP contribution >= 0.6 is 0 Å². The molecule has 20 heavy (non-hydrogen) atoms. The normalized spacial score (nSPS) is 20.8. The Hall–Kier alpha value is -1.84. The van der Waals surface area contributed by atoms with E-state index in [4.69, 9.17) is 5.11 Å². The van der Waals surface area contributed by atoms with Crippen molar-refractivity contribution in [2.75, 3.05) is 6.54 Å². The zero-order valence-electron chi connectivity index (χ0n) is 12.2. The highest BCUT2D eigenvalue weighted by atomic mass is 16.4. The van der Waals surface area contributed by atoms with Crippen molar-refractivity contribution in [1.29, 1.82) is 0 Å². The molecule has 2 atom stereocenters. The Morgan fingerprint density at radius 3 is 2.45 bits per heavy atom. The van der Waals surface area contributed by atoms with Crippen LogP contribution in [0.2, 0.25) is 0 Å². The molecule has 0 aromatic heterocycles. The fourth-order valence-electron chi connectivity index (χ4n) is 2.39. The summed E-state index contributed by atoms with van der Waals surface area (Å²) in [6, 6.07) is 6.37. The maximum absolute atomic E-state index is 12.6. The summed E-state index contributed by atoms with van der Waals surface area (Å²) in [5.74, 6) is 0.187. The fraction of sp³-hybridized carbons (Fsp3) is 0.500. The number of nitrogens with zero attached hydrogens (tertiary/aromatic N) is 1. The van der Waals surface area contributed by atoms with Gasteiger partial charge in [-0.1, -0.05) is 13.0 Å². The molecule has 1 saturated carbocycles. The molecular weight excluding hydrogens is 254 g/mol. The van der Waals surface area contributed by atoms with Gasteiger partial charge in [0, 0.05) is 18.2 Å². The van der Waals surface area contributed by atoms with E-state index in [1.807, 2.05) is 18.7 Å². The quantitative estimate of drug-likeness (QED) is 0.899. The third kappa shape index (κ3) is 3.18. The van der Waals surface area contributed by atoms with Gasteiger partial charge in [0.2, 0.25) is 0 Å². The number of amides is 1. The van der Waals surface area contributed by atoms with E-state index >= 15 is 0 Å². The van der Waals surface area contributed by atoms with Crippen molar-refractivity contribution in [3.8, 4) is 0 Å². The molecule has 1 aliphatic rings. The predicted molar refractivity (Wildman–Crippen MR) is 76.8 cm³/mol. The molecule has 1 fully saturated rings. The number of hydrogen-bond acceptors (Lipinski definition) is 2. The van der Waals surface area contributed by atoms with Gasteiger partial charge in [-0.3, -0.25) is 4.79 Å². The lowest BCUT2D eigenvalue weighted by molar-refractivity contribution is 0.0693. The first-order valence-corrected chi connectivity index (χ1v) is 7.04. The van der Waals surface area contributed by atoms with Gasteiger partial charge in [0.1, 0.15) is 0 Å². The highest BCUT2D eigenvalue weighted by Crippen LogP contribution is 2.38. The van der Waals surface area contributed by atoms with Crippen molar-refractivity contribution in [2.45, 2.75) is 33.2 Å². The van der Waals surface area contributed by atoms with Crippen molar-refractivity contribution in [2.24, 2.45) is 11.8 Å². The third-order valence-corrected chi connectivity index (χ3v) is 3.95. The Balaban J connectivity index is 2.18. The number of carbonyl (C=O) groups is 2. The first-order valence-electron chi connectivity index (χ1n) is 7.04. The van der Waals surface area contributed by atoms with Crippen molar-refractivity contribution in [1.82, 2.24) is 4.90 Å². The van der Waals surface area contributed by atoms with Crippen molar-refractivity contribution in [3.63, 3.8) is 0 Å². The maximum atomic E-state index is 12.6. The van der Waals surface area contributed by atoms with Crippen molar-refractivity contribution in [3.05, 3.63) is 35.4 Å². The number of aromatic carboxylic acids is 1. The van der Waals surface area contributed by atoms with Gasteiger partial charge in [-0.15, -0.1) is 0 Å². The molecule has 0 radical (unpaired) electrons. The summed E-state index contributed by atoms with van der Waals surface area (Å²) >= 11 is 0. The molecule has 108 valence electrons. The van der Waals surface area contributed by atoms with Crippen molar-refractivity contribution < 1.29 is 14.7 Å². The van der Waals surface area contributed by atoms with Gasteiger partial charge in [0.15, 0.2) is 0 Å². The van der Waals surface area contributed by atoms with Gasteiger partial charge in [0.25, 0.3) is 5.91 Å². The maximum Gasteiger partial charge on any atom is 0.335 e. The van der Waals surface area contributed by atoms with E-state index in [9.17, 15) is 9.59 Å². The van der Waals surface area contributed by atoms with Crippen LogP contribution in [-0.4, -0.2) is 34.5 Å². The van der Waals surface area contributed by atoms with Gasteiger partial charge in [-0.05, 0) is 50.3 Å². The summed E-state index contributed by atoms with van der Waals surface area (Å²) in [5.41, 5.74) is 0.603. The van der Waals surface area contributed by atoms with Crippen molar-refractivity contribution >= 4 is 11.9 Å². The average molecular weight is 275 g/mol. The lowest BCUT2D eigenvalue weighted by atomic mass is 10.1. The van der Waals surface area contributed by atoms with Crippen LogP contribution in [-0.2, 0) is 0 Å². The second-order valence-corrected chi connectivity index (χ2v) is 5.91. The standard InChI is InChI=1S/C16H21NO3/c1-10(2)17(9-14-7-11(14)3)15(18)12-5-4-6-13(8-12)16(19)20/h4-6,8,10-11,14H,7,9H2,1-3H3,(H,19,20). The number of carboxylic acid groups (broad SMARTS) is 1. The van der Waals surface area contributed by atoms with E-state index in [2.05, 4.69) is 6.92 Å². The summed E-state index contributed by atoms with van der Waals surface area (Å²) in [4.78, 5) is 25.4. The molecule has 1 N–H and O–H groups in total. The Morgan fingerprint density at radius 2 is 1.95 bits per heavy atom. The minimum absolute atomic E-state index is 0.0813. The van der Waals surface area contributed by atoms with Crippen LogP contribution in [0.1, 0.15) is 47.9 Å². The molecular formula is C16H21NO3. The second kappa shape index (κ2) is 5.65. The van der Waals surface area contributed by atoms with Gasteiger partial charge in [-0.25, -0.2) is 4.79 Å². The predicted octanol–water partition coefficient (Wildman–Crippen LogP) is 2.89. The van der Waals surface area contributed by atoms with E-state index < -0.39 is 5.97 Å². The summed E-state index contributed by atoms with van der Waals surface area (Å²) in [6.45, 7) is 6.94. The fourth-order valence-corrected chi connectivity index (χ4v) is 2.39. The van der Waals surface area contributed by atoms with Crippen LogP contribution in [0.3, 0.4) is 0 Å². The highest BCUT2D eigenvalue weighted by molar-refractivity contribution is 5.97. The van der Waals surface area contributed by atoms with E-state index in [0.717, 1.165) is 6.54 Å². The van der Waals surface area contributed by atoms with Gasteiger partial charge in [-0.2, -0.15) is 0 Å². The molecule has 2 rings (SSSR count). The number of carbonyl (C=O) groups excluding carboxylic acids is 1. The lowest BCUT2D eigenvalue weighted by Gasteiger charge is -2.27. The minimum atomic E-state index is -1.01. The number of rotatable bonds is 5. The van der Waals surface area contributed by atoms with E-state index in [0.29, 0.717) is 17.4 Å². The van der Waals surface area contributed by atoms with Gasteiger partial charge >= 0.3 is 5.97 Å². The summed E-state index contributed by atoms with van der Waals surface area (Å²) < 4.78 is 0. The molecule has 1 aliphatic carbocycles. The molecule has 0 heterocycles. The highest BCUT2D eigenvalue weighted by Gasteiger charge is 2.36. The molecule has 0 spiro atoms. The SMILES string of the molecule is CC1CC1CN(C(=O)c1cccc(C(=O)O)c1)C(C)C. The zero-order chi connectivity index (χ0) is 14.9. The van der Waals surface area contributed by atoms with E-state index in [-0.39, 0.29) is 17.5 Å². The molecule has 0 aliphatic heterocycles. The first-order chi connectivity index (χ1) is 9.40. The van der Waals surface area contributed by atoms with E-state index in [1.165, 1.54) is 18.6 Å². The van der Waals surface area contributed by atoms with Crippen LogP contribution < -0.4 is 0 Å². The average Bonchev–Trinajstić information content (AvgIpc) is 3.10. The van der Waals surface area contributed by atoms with E-state index in [1.54, 1.807) is 12.1 Å². The first kappa shape index (κ1) is 14.6. The molecule has 1 aromatic rings. The van der Waals surface area contributed by atoms with Crippen LogP contribution in [0.25, 0.3) is 0 Å². The summed E-state index contributed by atoms with van der Waals surface area (Å²) in [6.07, 6.45) is 1.17. The molecule has 4 heteroatoms. The topological polar surface area (TPSA) is 57.6 Å². The second-order valence-electron chi connectivity index (χ2n) is 5.91. The zero-order valence-corrected chi connectivity index (χ0v) is 12.2. The monoisotopic (exact) mass is 275 g/mol. The van der Waals surface area contributed by atoms with Crippen LogP contribution in [0.4, 0.5) is 0 Å². The Morgan fingerprint density at radius 1 is 1.35 bits per heavy atom. The minimum Gasteiger partial charge on any atom is -0.478 e. The van der Waals surface area contributed by atoms with Crippen LogP contribution in [0, 0.1) is 11.8 Å². The number of hydrogen-bond donors (Lipinski definition) is 1. The third-order valence-electron chi connectivity index (χ3n) is 3.95. The number of carboxylic acids is 1. The Kier molecular flexibility index (Phi) is 4.12. The van der Waals surface area contributed by atoms with Crippen LogP contribution in [0.5, 0.6) is 0 Å². The molecule has 2 unspecified atom stereocenters. The van der Waals surface area contributed by atoms with Gasteiger partial charge in [0.05, 0.1) is 5.56 Å². The molecule has 1 amide bonds. The Labute approximate surface area is 119 Å².